The van der Waals surface area contributed by atoms with E-state index in [4.69, 9.17) is 9.72 Å². The molecule has 1 aromatic carbocycles. The van der Waals surface area contributed by atoms with E-state index in [0.717, 1.165) is 40.8 Å². The molecular formula is C20H18N4O2. The van der Waals surface area contributed by atoms with Crippen molar-refractivity contribution in [1.29, 1.82) is 0 Å². The van der Waals surface area contributed by atoms with Crippen LogP contribution in [0, 0.1) is 5.41 Å². The molecule has 1 N–H and O–H groups in total. The molecule has 0 unspecified atom stereocenters. The smallest absolute Gasteiger partial charge is 0.187 e. The van der Waals surface area contributed by atoms with Crippen LogP contribution in [0.3, 0.4) is 0 Å². The van der Waals surface area contributed by atoms with Gasteiger partial charge in [0.15, 0.2) is 11.5 Å². The fraction of sp³-hybridized carbons (Fsp3) is 0.250. The highest BCUT2D eigenvalue weighted by atomic mass is 16.5. The molecule has 1 fully saturated rings. The maximum absolute atomic E-state index is 9.50. The predicted octanol–water partition coefficient (Wildman–Crippen LogP) is 3.10. The standard InChI is InChI=1S/C20H18N4O2/c25-12-20(9-10-20)13-26-16-5-3-4-14-7-8-15(21-18(14)16)19-23-22-17-6-1-2-11-24(17)19/h1-8,11,25H,9-10,12-13H2. The Hall–Kier alpha value is -2.99. The quantitative estimate of drug-likeness (QED) is 0.601. The van der Waals surface area contributed by atoms with Crippen LogP contribution in [0.15, 0.2) is 54.7 Å². The molecule has 0 bridgehead atoms. The van der Waals surface area contributed by atoms with Crippen LogP contribution in [0.2, 0.25) is 0 Å². The first-order valence-electron chi connectivity index (χ1n) is 8.72. The average Bonchev–Trinajstić information content (AvgIpc) is 3.36. The van der Waals surface area contributed by atoms with Gasteiger partial charge in [0, 0.05) is 17.0 Å². The zero-order valence-electron chi connectivity index (χ0n) is 14.2. The van der Waals surface area contributed by atoms with Gasteiger partial charge in [0.05, 0.1) is 13.2 Å². The summed E-state index contributed by atoms with van der Waals surface area (Å²) in [7, 11) is 0. The maximum atomic E-state index is 9.50. The number of nitrogens with zero attached hydrogens (tertiary/aromatic N) is 4. The summed E-state index contributed by atoms with van der Waals surface area (Å²) in [4.78, 5) is 4.80. The molecular weight excluding hydrogens is 328 g/mol. The second-order valence-electron chi connectivity index (χ2n) is 6.92. The minimum absolute atomic E-state index is 0.0665. The summed E-state index contributed by atoms with van der Waals surface area (Å²) >= 11 is 0. The highest BCUT2D eigenvalue weighted by Gasteiger charge is 2.43. The first kappa shape index (κ1) is 15.3. The monoisotopic (exact) mass is 346 g/mol. The number of fused-ring (bicyclic) bond motifs is 2. The number of rotatable bonds is 5. The summed E-state index contributed by atoms with van der Waals surface area (Å²) in [6.45, 7) is 0.685. The number of para-hydroxylation sites is 1. The average molecular weight is 346 g/mol. The largest absolute Gasteiger partial charge is 0.491 e. The van der Waals surface area contributed by atoms with Crippen LogP contribution in [-0.2, 0) is 0 Å². The summed E-state index contributed by atoms with van der Waals surface area (Å²) in [6, 6.07) is 15.7. The molecule has 0 atom stereocenters. The van der Waals surface area contributed by atoms with Crippen LogP contribution in [0.1, 0.15) is 12.8 Å². The molecule has 26 heavy (non-hydrogen) atoms. The normalized spacial score (nSPS) is 15.4. The van der Waals surface area contributed by atoms with Crippen molar-refractivity contribution in [3.63, 3.8) is 0 Å². The SMILES string of the molecule is OCC1(COc2cccc3ccc(-c4nnc5ccccn45)nc23)CC1. The number of hydrogen-bond acceptors (Lipinski definition) is 5. The Morgan fingerprint density at radius 1 is 1.04 bits per heavy atom. The van der Waals surface area contributed by atoms with Crippen molar-refractivity contribution in [1.82, 2.24) is 19.6 Å². The highest BCUT2D eigenvalue weighted by molar-refractivity contribution is 5.86. The lowest BCUT2D eigenvalue weighted by atomic mass is 10.1. The third kappa shape index (κ3) is 2.50. The molecule has 4 aromatic rings. The van der Waals surface area contributed by atoms with E-state index in [1.807, 2.05) is 59.1 Å². The van der Waals surface area contributed by atoms with E-state index in [9.17, 15) is 5.11 Å². The van der Waals surface area contributed by atoms with Gasteiger partial charge in [0.1, 0.15) is 17.0 Å². The van der Waals surface area contributed by atoms with E-state index in [2.05, 4.69) is 10.2 Å². The Bertz CT molecular complexity index is 1100. The first-order valence-corrected chi connectivity index (χ1v) is 8.72. The molecule has 0 spiro atoms. The number of hydrogen-bond donors (Lipinski definition) is 1. The lowest BCUT2D eigenvalue weighted by Gasteiger charge is -2.14. The van der Waals surface area contributed by atoms with Crippen molar-refractivity contribution in [2.45, 2.75) is 12.8 Å². The third-order valence-corrected chi connectivity index (χ3v) is 5.05. The Balaban J connectivity index is 1.57. The van der Waals surface area contributed by atoms with E-state index in [1.165, 1.54) is 0 Å². The zero-order valence-corrected chi connectivity index (χ0v) is 14.2. The van der Waals surface area contributed by atoms with Crippen LogP contribution in [0.5, 0.6) is 5.75 Å². The van der Waals surface area contributed by atoms with Gasteiger partial charge >= 0.3 is 0 Å². The van der Waals surface area contributed by atoms with Crippen LogP contribution in [0.4, 0.5) is 0 Å². The molecule has 130 valence electrons. The fourth-order valence-corrected chi connectivity index (χ4v) is 3.13. The Morgan fingerprint density at radius 3 is 2.81 bits per heavy atom. The molecule has 6 heteroatoms. The predicted molar refractivity (Wildman–Crippen MR) is 98.0 cm³/mol. The number of pyridine rings is 2. The number of aliphatic hydroxyl groups excluding tert-OH is 1. The number of aliphatic hydroxyl groups is 1. The van der Waals surface area contributed by atoms with Crippen LogP contribution < -0.4 is 4.74 Å². The van der Waals surface area contributed by atoms with Gasteiger partial charge in [-0.3, -0.25) is 4.40 Å². The van der Waals surface area contributed by atoms with E-state index in [1.54, 1.807) is 0 Å². The molecule has 3 heterocycles. The van der Waals surface area contributed by atoms with Crippen LogP contribution in [0.25, 0.3) is 28.1 Å². The molecule has 1 aliphatic rings. The van der Waals surface area contributed by atoms with Gasteiger partial charge in [-0.2, -0.15) is 0 Å². The molecule has 0 saturated heterocycles. The number of aromatic nitrogens is 4. The van der Waals surface area contributed by atoms with Gasteiger partial charge in [-0.05, 0) is 37.1 Å². The van der Waals surface area contributed by atoms with E-state index in [0.29, 0.717) is 12.4 Å². The highest BCUT2D eigenvalue weighted by Crippen LogP contribution is 2.45. The third-order valence-electron chi connectivity index (χ3n) is 5.05. The topological polar surface area (TPSA) is 72.5 Å². The van der Waals surface area contributed by atoms with Crippen molar-refractivity contribution >= 4 is 16.6 Å². The Labute approximate surface area is 150 Å². The van der Waals surface area contributed by atoms with Crippen molar-refractivity contribution in [3.8, 4) is 17.3 Å². The number of ether oxygens (including phenoxy) is 1. The van der Waals surface area contributed by atoms with Gasteiger partial charge in [-0.25, -0.2) is 4.98 Å². The first-order chi connectivity index (χ1) is 12.8. The number of benzene rings is 1. The van der Waals surface area contributed by atoms with Crippen molar-refractivity contribution in [2.24, 2.45) is 5.41 Å². The lowest BCUT2D eigenvalue weighted by molar-refractivity contribution is 0.147. The van der Waals surface area contributed by atoms with Crippen LogP contribution in [-0.4, -0.2) is 37.9 Å². The van der Waals surface area contributed by atoms with Gasteiger partial charge in [0.2, 0.25) is 0 Å². The second kappa shape index (κ2) is 5.78. The van der Waals surface area contributed by atoms with E-state index in [-0.39, 0.29) is 12.0 Å². The van der Waals surface area contributed by atoms with Gasteiger partial charge < -0.3 is 9.84 Å². The minimum Gasteiger partial charge on any atom is -0.491 e. The van der Waals surface area contributed by atoms with E-state index >= 15 is 0 Å². The summed E-state index contributed by atoms with van der Waals surface area (Å²) in [5, 5.41) is 19.0. The van der Waals surface area contributed by atoms with Gasteiger partial charge in [0.25, 0.3) is 0 Å². The molecule has 6 nitrogen and oxygen atoms in total. The summed E-state index contributed by atoms with van der Waals surface area (Å²) in [5.41, 5.74) is 2.26. The molecule has 5 rings (SSSR count). The molecule has 1 aliphatic carbocycles. The lowest BCUT2D eigenvalue weighted by Crippen LogP contribution is -2.17. The summed E-state index contributed by atoms with van der Waals surface area (Å²) in [5.74, 6) is 1.43. The maximum Gasteiger partial charge on any atom is 0.187 e. The summed E-state index contributed by atoms with van der Waals surface area (Å²) in [6.07, 6.45) is 3.95. The summed E-state index contributed by atoms with van der Waals surface area (Å²) < 4.78 is 7.95. The van der Waals surface area contributed by atoms with Crippen molar-refractivity contribution in [2.75, 3.05) is 13.2 Å². The van der Waals surface area contributed by atoms with E-state index < -0.39 is 0 Å². The van der Waals surface area contributed by atoms with Gasteiger partial charge in [-0.15, -0.1) is 10.2 Å². The molecule has 0 radical (unpaired) electrons. The Kier molecular flexibility index (Phi) is 3.39. The van der Waals surface area contributed by atoms with Crippen molar-refractivity contribution in [3.05, 3.63) is 54.7 Å². The van der Waals surface area contributed by atoms with Gasteiger partial charge in [-0.1, -0.05) is 24.3 Å². The minimum atomic E-state index is -0.0665. The fourth-order valence-electron chi connectivity index (χ4n) is 3.13. The van der Waals surface area contributed by atoms with Crippen LogP contribution >= 0.6 is 0 Å². The van der Waals surface area contributed by atoms with Crippen molar-refractivity contribution < 1.29 is 9.84 Å². The molecule has 0 amide bonds. The molecule has 1 saturated carbocycles. The Morgan fingerprint density at radius 2 is 1.96 bits per heavy atom. The second-order valence-corrected chi connectivity index (χ2v) is 6.92. The molecule has 0 aliphatic heterocycles. The molecule has 3 aromatic heterocycles. The zero-order chi connectivity index (χ0) is 17.6.